The van der Waals surface area contributed by atoms with E-state index in [2.05, 4.69) is 38.3 Å². The van der Waals surface area contributed by atoms with Crippen molar-refractivity contribution in [2.45, 2.75) is 59.0 Å². The van der Waals surface area contributed by atoms with Crippen LogP contribution in [0, 0.1) is 11.8 Å². The highest BCUT2D eigenvalue weighted by atomic mass is 16.2. The molecule has 0 saturated carbocycles. The topological polar surface area (TPSA) is 41.1 Å². The van der Waals surface area contributed by atoms with E-state index in [1.165, 1.54) is 6.42 Å². The van der Waals surface area contributed by atoms with Crippen LogP contribution in [-0.4, -0.2) is 24.5 Å². The van der Waals surface area contributed by atoms with Gasteiger partial charge in [0.25, 0.3) is 0 Å². The second-order valence-corrected chi connectivity index (χ2v) is 5.36. The molecule has 1 heterocycles. The molecule has 0 aromatic carbocycles. The van der Waals surface area contributed by atoms with Crippen molar-refractivity contribution in [3.05, 3.63) is 0 Å². The molecular weight excluding hydrogens is 200 g/mol. The first-order valence-electron chi connectivity index (χ1n) is 6.58. The number of nitrogens with one attached hydrogen (secondary N) is 2. The third-order valence-corrected chi connectivity index (χ3v) is 3.66. The molecule has 1 fully saturated rings. The average Bonchev–Trinajstić information content (AvgIpc) is 2.63. The van der Waals surface area contributed by atoms with E-state index in [4.69, 9.17) is 0 Å². The van der Waals surface area contributed by atoms with E-state index in [0.717, 1.165) is 19.4 Å². The van der Waals surface area contributed by atoms with Crippen molar-refractivity contribution in [3.8, 4) is 0 Å². The summed E-state index contributed by atoms with van der Waals surface area (Å²) in [6.45, 7) is 9.64. The van der Waals surface area contributed by atoms with Crippen LogP contribution in [0.15, 0.2) is 0 Å². The highest BCUT2D eigenvalue weighted by Gasteiger charge is 2.29. The fraction of sp³-hybridized carbons (Fsp3) is 0.923. The maximum absolute atomic E-state index is 12.0. The lowest BCUT2D eigenvalue weighted by atomic mass is 9.99. The van der Waals surface area contributed by atoms with Gasteiger partial charge in [0.1, 0.15) is 0 Å². The van der Waals surface area contributed by atoms with Crippen LogP contribution in [0.3, 0.4) is 0 Å². The molecule has 1 amide bonds. The summed E-state index contributed by atoms with van der Waals surface area (Å²) in [5, 5.41) is 6.38. The van der Waals surface area contributed by atoms with Crippen molar-refractivity contribution in [3.63, 3.8) is 0 Å². The molecule has 0 aliphatic carbocycles. The summed E-state index contributed by atoms with van der Waals surface area (Å²) in [5.41, 5.74) is 0. The summed E-state index contributed by atoms with van der Waals surface area (Å²) in [6, 6.07) is 0.316. The average molecular weight is 226 g/mol. The van der Waals surface area contributed by atoms with Crippen LogP contribution < -0.4 is 10.6 Å². The second kappa shape index (κ2) is 6.24. The molecule has 3 nitrogen and oxygen atoms in total. The van der Waals surface area contributed by atoms with Crippen LogP contribution in [-0.2, 0) is 4.79 Å². The first kappa shape index (κ1) is 13.5. The van der Waals surface area contributed by atoms with Crippen molar-refractivity contribution in [2.24, 2.45) is 11.8 Å². The minimum absolute atomic E-state index is 0.0272. The fourth-order valence-electron chi connectivity index (χ4n) is 2.35. The molecule has 0 aromatic rings. The quantitative estimate of drug-likeness (QED) is 0.752. The Kier molecular flexibility index (Phi) is 5.26. The van der Waals surface area contributed by atoms with Gasteiger partial charge in [-0.2, -0.15) is 0 Å². The first-order chi connectivity index (χ1) is 7.54. The minimum Gasteiger partial charge on any atom is -0.352 e. The van der Waals surface area contributed by atoms with Gasteiger partial charge in [0.15, 0.2) is 0 Å². The summed E-state index contributed by atoms with van der Waals surface area (Å²) in [7, 11) is 0. The molecule has 2 N–H and O–H groups in total. The molecule has 1 aliphatic rings. The highest BCUT2D eigenvalue weighted by molar-refractivity contribution is 5.82. The Hall–Kier alpha value is -0.570. The SMILES string of the molecule is CCC(C)CC(C)NC(=O)C1NCCC1C. The van der Waals surface area contributed by atoms with E-state index in [0.29, 0.717) is 11.8 Å². The largest absolute Gasteiger partial charge is 0.352 e. The van der Waals surface area contributed by atoms with Gasteiger partial charge >= 0.3 is 0 Å². The van der Waals surface area contributed by atoms with E-state index in [9.17, 15) is 4.79 Å². The van der Waals surface area contributed by atoms with Crippen molar-refractivity contribution < 1.29 is 4.79 Å². The van der Waals surface area contributed by atoms with Crippen LogP contribution in [0.25, 0.3) is 0 Å². The summed E-state index contributed by atoms with van der Waals surface area (Å²) in [5.74, 6) is 1.33. The molecule has 0 radical (unpaired) electrons. The Balaban J connectivity index is 2.33. The molecule has 4 unspecified atom stereocenters. The smallest absolute Gasteiger partial charge is 0.237 e. The lowest BCUT2D eigenvalue weighted by Crippen LogP contribution is -2.46. The Bertz CT molecular complexity index is 230. The van der Waals surface area contributed by atoms with E-state index in [1.54, 1.807) is 0 Å². The fourth-order valence-corrected chi connectivity index (χ4v) is 2.35. The zero-order chi connectivity index (χ0) is 12.1. The summed E-state index contributed by atoms with van der Waals surface area (Å²) < 4.78 is 0. The van der Waals surface area contributed by atoms with Crippen LogP contribution in [0.2, 0.25) is 0 Å². The summed E-state index contributed by atoms with van der Waals surface area (Å²) in [4.78, 5) is 12.0. The standard InChI is InChI=1S/C13H26N2O/c1-5-9(2)8-11(4)15-13(16)12-10(3)6-7-14-12/h9-12,14H,5-8H2,1-4H3,(H,15,16). The predicted octanol–water partition coefficient (Wildman–Crippen LogP) is 1.93. The van der Waals surface area contributed by atoms with Crippen LogP contribution in [0.5, 0.6) is 0 Å². The van der Waals surface area contributed by atoms with E-state index in [-0.39, 0.29) is 18.0 Å². The molecular formula is C13H26N2O. The van der Waals surface area contributed by atoms with Crippen molar-refractivity contribution >= 4 is 5.91 Å². The Labute approximate surface area is 99.4 Å². The Morgan fingerprint density at radius 2 is 2.19 bits per heavy atom. The van der Waals surface area contributed by atoms with Gasteiger partial charge in [0.2, 0.25) is 5.91 Å². The van der Waals surface area contributed by atoms with Gasteiger partial charge in [-0.1, -0.05) is 27.2 Å². The molecule has 1 aliphatic heterocycles. The van der Waals surface area contributed by atoms with Gasteiger partial charge < -0.3 is 10.6 Å². The highest BCUT2D eigenvalue weighted by Crippen LogP contribution is 2.15. The molecule has 94 valence electrons. The maximum atomic E-state index is 12.0. The van der Waals surface area contributed by atoms with Gasteiger partial charge in [0.05, 0.1) is 6.04 Å². The van der Waals surface area contributed by atoms with Crippen LogP contribution >= 0.6 is 0 Å². The summed E-state index contributed by atoms with van der Waals surface area (Å²) in [6.07, 6.45) is 3.36. The molecule has 3 heteroatoms. The predicted molar refractivity (Wildman–Crippen MR) is 67.2 cm³/mol. The normalized spacial score (nSPS) is 28.8. The molecule has 0 bridgehead atoms. The lowest BCUT2D eigenvalue weighted by molar-refractivity contribution is -0.124. The molecule has 16 heavy (non-hydrogen) atoms. The monoisotopic (exact) mass is 226 g/mol. The van der Waals surface area contributed by atoms with Crippen LogP contribution in [0.4, 0.5) is 0 Å². The van der Waals surface area contributed by atoms with Gasteiger partial charge in [-0.3, -0.25) is 4.79 Å². The Morgan fingerprint density at radius 3 is 2.69 bits per heavy atom. The number of amides is 1. The lowest BCUT2D eigenvalue weighted by Gasteiger charge is -2.21. The zero-order valence-corrected chi connectivity index (χ0v) is 11.0. The van der Waals surface area contributed by atoms with Crippen molar-refractivity contribution in [1.82, 2.24) is 10.6 Å². The van der Waals surface area contributed by atoms with E-state index in [1.807, 2.05) is 0 Å². The molecule has 1 rings (SSSR count). The number of rotatable bonds is 5. The number of hydrogen-bond acceptors (Lipinski definition) is 2. The number of hydrogen-bond donors (Lipinski definition) is 2. The third-order valence-electron chi connectivity index (χ3n) is 3.66. The third kappa shape index (κ3) is 3.78. The maximum Gasteiger partial charge on any atom is 0.237 e. The molecule has 0 spiro atoms. The number of carbonyl (C=O) groups excluding carboxylic acids is 1. The van der Waals surface area contributed by atoms with E-state index < -0.39 is 0 Å². The molecule has 0 aromatic heterocycles. The zero-order valence-electron chi connectivity index (χ0n) is 11.0. The number of carbonyl (C=O) groups is 1. The molecule has 4 atom stereocenters. The second-order valence-electron chi connectivity index (χ2n) is 5.36. The van der Waals surface area contributed by atoms with Crippen LogP contribution in [0.1, 0.15) is 47.0 Å². The van der Waals surface area contributed by atoms with Crippen molar-refractivity contribution in [2.75, 3.05) is 6.54 Å². The Morgan fingerprint density at radius 1 is 1.50 bits per heavy atom. The van der Waals surface area contributed by atoms with Crippen molar-refractivity contribution in [1.29, 1.82) is 0 Å². The van der Waals surface area contributed by atoms with Gasteiger partial charge in [-0.05, 0) is 38.1 Å². The molecule has 1 saturated heterocycles. The van der Waals surface area contributed by atoms with Gasteiger partial charge in [-0.15, -0.1) is 0 Å². The van der Waals surface area contributed by atoms with E-state index >= 15 is 0 Å². The summed E-state index contributed by atoms with van der Waals surface area (Å²) >= 11 is 0. The van der Waals surface area contributed by atoms with Gasteiger partial charge in [0, 0.05) is 6.04 Å². The minimum atomic E-state index is 0.0272. The van der Waals surface area contributed by atoms with Gasteiger partial charge in [-0.25, -0.2) is 0 Å². The first-order valence-corrected chi connectivity index (χ1v) is 6.58.